The maximum atomic E-state index is 11.9. The van der Waals surface area contributed by atoms with Crippen LogP contribution in [-0.4, -0.2) is 26.0 Å². The Morgan fingerprint density at radius 1 is 1.18 bits per heavy atom. The SMILES string of the molecule is CNCC(C)CNC(=O)C(C)c1ccccc1. The van der Waals surface area contributed by atoms with Gasteiger partial charge in [-0.2, -0.15) is 0 Å². The molecule has 0 aliphatic rings. The number of benzene rings is 1. The van der Waals surface area contributed by atoms with Gasteiger partial charge in [0.1, 0.15) is 0 Å². The Kier molecular flexibility index (Phi) is 5.70. The van der Waals surface area contributed by atoms with Crippen LogP contribution in [0.1, 0.15) is 25.3 Å². The predicted molar refractivity (Wildman–Crippen MR) is 71.0 cm³/mol. The number of nitrogens with one attached hydrogen (secondary N) is 2. The molecular weight excluding hydrogens is 212 g/mol. The summed E-state index contributed by atoms with van der Waals surface area (Å²) in [6, 6.07) is 9.86. The van der Waals surface area contributed by atoms with Crippen LogP contribution in [0.5, 0.6) is 0 Å². The fourth-order valence-electron chi connectivity index (χ4n) is 1.74. The summed E-state index contributed by atoms with van der Waals surface area (Å²) in [7, 11) is 1.92. The van der Waals surface area contributed by atoms with E-state index in [9.17, 15) is 4.79 Å². The zero-order valence-electron chi connectivity index (χ0n) is 10.9. The summed E-state index contributed by atoms with van der Waals surface area (Å²) in [5, 5.41) is 6.09. The van der Waals surface area contributed by atoms with Gasteiger partial charge in [0, 0.05) is 6.54 Å². The van der Waals surface area contributed by atoms with E-state index in [4.69, 9.17) is 0 Å². The van der Waals surface area contributed by atoms with Gasteiger partial charge in [0.25, 0.3) is 0 Å². The molecule has 2 unspecified atom stereocenters. The van der Waals surface area contributed by atoms with Gasteiger partial charge >= 0.3 is 0 Å². The molecule has 1 aromatic rings. The third-order valence-corrected chi connectivity index (χ3v) is 2.87. The summed E-state index contributed by atoms with van der Waals surface area (Å²) < 4.78 is 0. The van der Waals surface area contributed by atoms with Gasteiger partial charge in [-0.05, 0) is 32.0 Å². The topological polar surface area (TPSA) is 41.1 Å². The van der Waals surface area contributed by atoms with Crippen molar-refractivity contribution in [3.8, 4) is 0 Å². The van der Waals surface area contributed by atoms with Crippen LogP contribution in [0, 0.1) is 5.92 Å². The van der Waals surface area contributed by atoms with Crippen LogP contribution in [0.2, 0.25) is 0 Å². The fourth-order valence-corrected chi connectivity index (χ4v) is 1.74. The van der Waals surface area contributed by atoms with Crippen LogP contribution in [0.25, 0.3) is 0 Å². The van der Waals surface area contributed by atoms with Crippen LogP contribution in [0.4, 0.5) is 0 Å². The van der Waals surface area contributed by atoms with Crippen molar-refractivity contribution in [1.82, 2.24) is 10.6 Å². The number of rotatable bonds is 6. The van der Waals surface area contributed by atoms with Gasteiger partial charge in [0.15, 0.2) is 0 Å². The maximum absolute atomic E-state index is 11.9. The van der Waals surface area contributed by atoms with Gasteiger partial charge in [0.05, 0.1) is 5.92 Å². The largest absolute Gasteiger partial charge is 0.355 e. The van der Waals surface area contributed by atoms with Gasteiger partial charge in [-0.25, -0.2) is 0 Å². The normalized spacial score (nSPS) is 14.1. The first-order chi connectivity index (χ1) is 8.15. The molecule has 0 spiro atoms. The first kappa shape index (κ1) is 13.7. The highest BCUT2D eigenvalue weighted by atomic mass is 16.1. The zero-order valence-corrected chi connectivity index (χ0v) is 10.9. The Bertz CT molecular complexity index is 337. The van der Waals surface area contributed by atoms with Gasteiger partial charge in [-0.3, -0.25) is 4.79 Å². The highest BCUT2D eigenvalue weighted by Crippen LogP contribution is 2.14. The van der Waals surface area contributed by atoms with E-state index in [0.29, 0.717) is 5.92 Å². The van der Waals surface area contributed by atoms with E-state index in [0.717, 1.165) is 18.7 Å². The average molecular weight is 234 g/mol. The molecule has 94 valence electrons. The van der Waals surface area contributed by atoms with Gasteiger partial charge in [-0.15, -0.1) is 0 Å². The molecule has 2 N–H and O–H groups in total. The van der Waals surface area contributed by atoms with Gasteiger partial charge < -0.3 is 10.6 Å². The van der Waals surface area contributed by atoms with Crippen molar-refractivity contribution in [2.45, 2.75) is 19.8 Å². The van der Waals surface area contributed by atoms with E-state index in [1.165, 1.54) is 0 Å². The van der Waals surface area contributed by atoms with Crippen molar-refractivity contribution in [2.75, 3.05) is 20.1 Å². The van der Waals surface area contributed by atoms with E-state index in [2.05, 4.69) is 17.6 Å². The molecule has 0 aliphatic carbocycles. The second kappa shape index (κ2) is 7.07. The number of hydrogen-bond acceptors (Lipinski definition) is 2. The highest BCUT2D eigenvalue weighted by molar-refractivity contribution is 5.83. The third-order valence-electron chi connectivity index (χ3n) is 2.87. The lowest BCUT2D eigenvalue weighted by Crippen LogP contribution is -2.34. The minimum Gasteiger partial charge on any atom is -0.355 e. The van der Waals surface area contributed by atoms with E-state index in [1.54, 1.807) is 0 Å². The molecule has 0 saturated heterocycles. The minimum absolute atomic E-state index is 0.0852. The summed E-state index contributed by atoms with van der Waals surface area (Å²) in [5.41, 5.74) is 1.06. The lowest BCUT2D eigenvalue weighted by atomic mass is 10.0. The Morgan fingerprint density at radius 2 is 1.82 bits per heavy atom. The smallest absolute Gasteiger partial charge is 0.227 e. The molecule has 3 heteroatoms. The lowest BCUT2D eigenvalue weighted by molar-refractivity contribution is -0.122. The summed E-state index contributed by atoms with van der Waals surface area (Å²) in [6.45, 7) is 5.69. The van der Waals surface area contributed by atoms with E-state index in [-0.39, 0.29) is 11.8 Å². The first-order valence-corrected chi connectivity index (χ1v) is 6.12. The number of amides is 1. The molecule has 2 atom stereocenters. The van der Waals surface area contributed by atoms with Crippen LogP contribution in [0.15, 0.2) is 30.3 Å². The molecule has 17 heavy (non-hydrogen) atoms. The second-order valence-corrected chi connectivity index (χ2v) is 4.54. The van der Waals surface area contributed by atoms with Crippen LogP contribution in [0.3, 0.4) is 0 Å². The predicted octanol–water partition coefficient (Wildman–Crippen LogP) is 1.76. The Balaban J connectivity index is 2.43. The van der Waals surface area contributed by atoms with E-state index >= 15 is 0 Å². The van der Waals surface area contributed by atoms with E-state index < -0.39 is 0 Å². The monoisotopic (exact) mass is 234 g/mol. The quantitative estimate of drug-likeness (QED) is 0.787. The summed E-state index contributed by atoms with van der Waals surface area (Å²) in [4.78, 5) is 11.9. The standard InChI is InChI=1S/C14H22N2O/c1-11(9-15-3)10-16-14(17)12(2)13-7-5-4-6-8-13/h4-8,11-12,15H,9-10H2,1-3H3,(H,16,17). The molecular formula is C14H22N2O. The number of hydrogen-bond donors (Lipinski definition) is 2. The van der Waals surface area contributed by atoms with Crippen LogP contribution >= 0.6 is 0 Å². The zero-order chi connectivity index (χ0) is 12.7. The van der Waals surface area contributed by atoms with Crippen molar-refractivity contribution in [1.29, 1.82) is 0 Å². The molecule has 0 aliphatic heterocycles. The summed E-state index contributed by atoms with van der Waals surface area (Å²) >= 11 is 0. The fraction of sp³-hybridized carbons (Fsp3) is 0.500. The first-order valence-electron chi connectivity index (χ1n) is 6.12. The molecule has 0 bridgehead atoms. The van der Waals surface area contributed by atoms with Crippen LogP contribution in [-0.2, 0) is 4.79 Å². The summed E-state index contributed by atoms with van der Waals surface area (Å²) in [5.74, 6) is 0.462. The molecule has 1 amide bonds. The number of carbonyl (C=O) groups excluding carboxylic acids is 1. The van der Waals surface area contributed by atoms with Crippen molar-refractivity contribution in [3.05, 3.63) is 35.9 Å². The molecule has 0 saturated carbocycles. The Morgan fingerprint density at radius 3 is 2.41 bits per heavy atom. The highest BCUT2D eigenvalue weighted by Gasteiger charge is 2.14. The summed E-state index contributed by atoms with van der Waals surface area (Å²) in [6.07, 6.45) is 0. The molecule has 1 rings (SSSR count). The minimum atomic E-state index is -0.0852. The van der Waals surface area contributed by atoms with Crippen molar-refractivity contribution < 1.29 is 4.79 Å². The molecule has 0 aromatic heterocycles. The van der Waals surface area contributed by atoms with Crippen molar-refractivity contribution in [2.24, 2.45) is 5.92 Å². The average Bonchev–Trinajstić information content (AvgIpc) is 2.36. The van der Waals surface area contributed by atoms with Crippen molar-refractivity contribution >= 4 is 5.91 Å². The van der Waals surface area contributed by atoms with Gasteiger partial charge in [0.2, 0.25) is 5.91 Å². The molecule has 0 heterocycles. The Hall–Kier alpha value is -1.35. The van der Waals surface area contributed by atoms with E-state index in [1.807, 2.05) is 44.3 Å². The van der Waals surface area contributed by atoms with Crippen LogP contribution < -0.4 is 10.6 Å². The Labute approximate surface area is 104 Å². The van der Waals surface area contributed by atoms with Crippen molar-refractivity contribution in [3.63, 3.8) is 0 Å². The molecule has 1 aromatic carbocycles. The maximum Gasteiger partial charge on any atom is 0.227 e. The lowest BCUT2D eigenvalue weighted by Gasteiger charge is -2.15. The molecule has 0 radical (unpaired) electrons. The second-order valence-electron chi connectivity index (χ2n) is 4.54. The number of carbonyl (C=O) groups is 1. The molecule has 0 fully saturated rings. The van der Waals surface area contributed by atoms with Gasteiger partial charge in [-0.1, -0.05) is 37.3 Å². The third kappa shape index (κ3) is 4.57. The molecule has 3 nitrogen and oxygen atoms in total.